The third-order valence-corrected chi connectivity index (χ3v) is 6.38. The number of ether oxygens (including phenoxy) is 1. The van der Waals surface area contributed by atoms with Crippen molar-refractivity contribution in [3.8, 4) is 11.5 Å². The largest absolute Gasteiger partial charge is 0.459 e. The number of carbonyl (C=O) groups excluding carboxylic acids is 1. The van der Waals surface area contributed by atoms with Gasteiger partial charge in [0, 0.05) is 17.4 Å². The highest BCUT2D eigenvalue weighted by Gasteiger charge is 2.22. The van der Waals surface area contributed by atoms with Gasteiger partial charge in [-0.15, -0.1) is 0 Å². The molecule has 8 heteroatoms. The van der Waals surface area contributed by atoms with Gasteiger partial charge in [-0.2, -0.15) is 0 Å². The number of benzene rings is 2. The molecule has 4 aromatic rings. The number of rotatable bonds is 7. The monoisotopic (exact) mass is 448 g/mol. The second kappa shape index (κ2) is 9.07. The van der Waals surface area contributed by atoms with E-state index >= 15 is 0 Å². The summed E-state index contributed by atoms with van der Waals surface area (Å²) in [7, 11) is -3.62. The van der Waals surface area contributed by atoms with Crippen LogP contribution in [-0.4, -0.2) is 19.3 Å². The molecule has 0 unspecified atom stereocenters. The molecule has 2 aromatic heterocycles. The number of carbonyl (C=O) groups is 1. The second-order valence-electron chi connectivity index (χ2n) is 7.07. The Bertz CT molecular complexity index is 1330. The lowest BCUT2D eigenvalue weighted by Crippen LogP contribution is -2.15. The first-order chi connectivity index (χ1) is 15.4. The van der Waals surface area contributed by atoms with Gasteiger partial charge in [-0.25, -0.2) is 8.42 Å². The van der Waals surface area contributed by atoms with Crippen LogP contribution in [0.2, 0.25) is 0 Å². The minimum absolute atomic E-state index is 0.0437. The molecule has 4 rings (SSSR count). The van der Waals surface area contributed by atoms with Crippen molar-refractivity contribution >= 4 is 21.4 Å². The number of hydrogen-bond acceptors (Lipinski definition) is 6. The van der Waals surface area contributed by atoms with Gasteiger partial charge in [0.05, 0.1) is 23.1 Å². The van der Waals surface area contributed by atoms with Crippen LogP contribution in [-0.2, 0) is 15.6 Å². The van der Waals surface area contributed by atoms with Crippen LogP contribution in [0.15, 0.2) is 94.7 Å². The van der Waals surface area contributed by atoms with E-state index in [4.69, 9.17) is 9.15 Å². The molecule has 1 N–H and O–H groups in total. The summed E-state index contributed by atoms with van der Waals surface area (Å²) in [6.07, 6.45) is 4.57. The number of nitrogens with one attached hydrogen (secondary N) is 1. The number of nitrogens with zero attached hydrogens (tertiary/aromatic N) is 1. The first-order valence-corrected chi connectivity index (χ1v) is 11.4. The molecule has 0 saturated carbocycles. The zero-order valence-electron chi connectivity index (χ0n) is 17.2. The van der Waals surface area contributed by atoms with Crippen molar-refractivity contribution in [3.05, 3.63) is 102 Å². The number of amides is 1. The third-order valence-electron chi connectivity index (χ3n) is 4.70. The van der Waals surface area contributed by atoms with Crippen LogP contribution >= 0.6 is 0 Å². The van der Waals surface area contributed by atoms with Gasteiger partial charge in [0.25, 0.3) is 5.91 Å². The van der Waals surface area contributed by atoms with E-state index in [1.54, 1.807) is 60.9 Å². The van der Waals surface area contributed by atoms with Gasteiger partial charge in [-0.05, 0) is 61.0 Å². The normalized spacial score (nSPS) is 11.2. The summed E-state index contributed by atoms with van der Waals surface area (Å²) in [5.74, 6) is 0.315. The predicted molar refractivity (Wildman–Crippen MR) is 119 cm³/mol. The Morgan fingerprint density at radius 2 is 1.88 bits per heavy atom. The summed E-state index contributed by atoms with van der Waals surface area (Å²) in [5, 5.41) is 2.75. The Labute approximate surface area is 185 Å². The van der Waals surface area contributed by atoms with E-state index in [-0.39, 0.29) is 16.4 Å². The van der Waals surface area contributed by atoms with Gasteiger partial charge >= 0.3 is 0 Å². The van der Waals surface area contributed by atoms with Crippen molar-refractivity contribution in [1.29, 1.82) is 0 Å². The summed E-state index contributed by atoms with van der Waals surface area (Å²) in [6.45, 7) is 1.85. The summed E-state index contributed by atoms with van der Waals surface area (Å²) in [6, 6.07) is 18.3. The molecule has 0 bridgehead atoms. The minimum atomic E-state index is -3.62. The Balaban J connectivity index is 1.48. The van der Waals surface area contributed by atoms with E-state index in [0.717, 1.165) is 5.56 Å². The van der Waals surface area contributed by atoms with Crippen LogP contribution in [0.5, 0.6) is 11.5 Å². The molecule has 0 spiro atoms. The van der Waals surface area contributed by atoms with E-state index in [0.29, 0.717) is 22.7 Å². The summed E-state index contributed by atoms with van der Waals surface area (Å²) in [4.78, 5) is 17.0. The summed E-state index contributed by atoms with van der Waals surface area (Å²) in [5.41, 5.74) is 1.62. The maximum absolute atomic E-state index is 12.8. The molecule has 32 heavy (non-hydrogen) atoms. The van der Waals surface area contributed by atoms with Gasteiger partial charge in [-0.3, -0.25) is 9.78 Å². The van der Waals surface area contributed by atoms with Crippen molar-refractivity contribution in [3.63, 3.8) is 0 Å². The number of aromatic nitrogens is 1. The molecule has 0 aliphatic carbocycles. The standard InChI is InChI=1S/C24H20N2O5S/c1-17-14-19(9-10-22(17)31-20-6-5-12-25-15-20)26-24(27)23-18(11-13-30-23)16-32(28,29)21-7-3-2-4-8-21/h2-15H,16H2,1H3,(H,26,27). The lowest BCUT2D eigenvalue weighted by atomic mass is 10.2. The number of hydrogen-bond donors (Lipinski definition) is 1. The fourth-order valence-electron chi connectivity index (χ4n) is 3.13. The molecule has 0 saturated heterocycles. The third kappa shape index (κ3) is 4.87. The molecular weight excluding hydrogens is 428 g/mol. The van der Waals surface area contributed by atoms with E-state index in [1.165, 1.54) is 24.5 Å². The molecular formula is C24H20N2O5S. The zero-order valence-corrected chi connectivity index (χ0v) is 18.0. The summed E-state index contributed by atoms with van der Waals surface area (Å²) >= 11 is 0. The van der Waals surface area contributed by atoms with Gasteiger partial charge in [0.2, 0.25) is 0 Å². The number of aryl methyl sites for hydroxylation is 1. The average Bonchev–Trinajstić information content (AvgIpc) is 3.24. The molecule has 0 atom stereocenters. The minimum Gasteiger partial charge on any atom is -0.459 e. The number of sulfone groups is 1. The Hall–Kier alpha value is -3.91. The van der Waals surface area contributed by atoms with E-state index < -0.39 is 15.7 Å². The van der Waals surface area contributed by atoms with Crippen LogP contribution in [0.3, 0.4) is 0 Å². The van der Waals surface area contributed by atoms with Crippen molar-refractivity contribution in [2.24, 2.45) is 0 Å². The number of anilines is 1. The molecule has 7 nitrogen and oxygen atoms in total. The molecule has 2 aromatic carbocycles. The quantitative estimate of drug-likeness (QED) is 0.427. The highest BCUT2D eigenvalue weighted by Crippen LogP contribution is 2.27. The van der Waals surface area contributed by atoms with Crippen molar-refractivity contribution in [1.82, 2.24) is 4.98 Å². The average molecular weight is 449 g/mol. The Morgan fingerprint density at radius 3 is 2.59 bits per heavy atom. The van der Waals surface area contributed by atoms with Gasteiger partial charge in [-0.1, -0.05) is 18.2 Å². The van der Waals surface area contributed by atoms with Crippen molar-refractivity contribution in [2.45, 2.75) is 17.6 Å². The number of furan rings is 1. The predicted octanol–water partition coefficient (Wildman–Crippen LogP) is 5.00. The highest BCUT2D eigenvalue weighted by molar-refractivity contribution is 7.90. The first kappa shape index (κ1) is 21.3. The molecule has 1 amide bonds. The fraction of sp³-hybridized carbons (Fsp3) is 0.0833. The molecule has 162 valence electrons. The van der Waals surface area contributed by atoms with Crippen LogP contribution in [0, 0.1) is 6.92 Å². The van der Waals surface area contributed by atoms with Crippen LogP contribution in [0.4, 0.5) is 5.69 Å². The maximum atomic E-state index is 12.8. The summed E-state index contributed by atoms with van der Waals surface area (Å²) < 4.78 is 36.4. The Morgan fingerprint density at radius 1 is 1.06 bits per heavy atom. The van der Waals surface area contributed by atoms with E-state index in [9.17, 15) is 13.2 Å². The molecule has 0 aliphatic rings. The molecule has 2 heterocycles. The number of pyridine rings is 1. The van der Waals surface area contributed by atoms with E-state index in [2.05, 4.69) is 10.3 Å². The van der Waals surface area contributed by atoms with Gasteiger partial charge < -0.3 is 14.5 Å². The Kier molecular flexibility index (Phi) is 6.04. The highest BCUT2D eigenvalue weighted by atomic mass is 32.2. The molecule has 0 aliphatic heterocycles. The lowest BCUT2D eigenvalue weighted by Gasteiger charge is -2.11. The molecule has 0 radical (unpaired) electrons. The first-order valence-electron chi connectivity index (χ1n) is 9.76. The van der Waals surface area contributed by atoms with Crippen LogP contribution in [0.25, 0.3) is 0 Å². The van der Waals surface area contributed by atoms with Crippen molar-refractivity contribution in [2.75, 3.05) is 5.32 Å². The second-order valence-corrected chi connectivity index (χ2v) is 9.06. The van der Waals surface area contributed by atoms with Crippen LogP contribution in [0.1, 0.15) is 21.7 Å². The maximum Gasteiger partial charge on any atom is 0.291 e. The lowest BCUT2D eigenvalue weighted by molar-refractivity contribution is 0.0995. The zero-order chi connectivity index (χ0) is 22.6. The SMILES string of the molecule is Cc1cc(NC(=O)c2occc2CS(=O)(=O)c2ccccc2)ccc1Oc1cccnc1. The fourth-order valence-corrected chi connectivity index (χ4v) is 4.50. The van der Waals surface area contributed by atoms with Gasteiger partial charge in [0.1, 0.15) is 11.5 Å². The van der Waals surface area contributed by atoms with Gasteiger partial charge in [0.15, 0.2) is 15.6 Å². The topological polar surface area (TPSA) is 98.5 Å². The van der Waals surface area contributed by atoms with Crippen LogP contribution < -0.4 is 10.1 Å². The molecule has 0 fully saturated rings. The van der Waals surface area contributed by atoms with Crippen molar-refractivity contribution < 1.29 is 22.4 Å². The smallest absolute Gasteiger partial charge is 0.291 e. The van der Waals surface area contributed by atoms with E-state index in [1.807, 2.05) is 6.92 Å².